The van der Waals surface area contributed by atoms with Crippen LogP contribution in [0.3, 0.4) is 0 Å². The highest BCUT2D eigenvalue weighted by Gasteiger charge is 2.43. The maximum Gasteiger partial charge on any atom is 0.230 e. The minimum Gasteiger partial charge on any atom is -0.359 e. The Hall–Kier alpha value is -1.10. The second kappa shape index (κ2) is 5.90. The highest BCUT2D eigenvalue weighted by atomic mass is 16.2. The molecule has 2 rings (SSSR count). The number of hydrogen-bond donors (Lipinski definition) is 2. The van der Waals surface area contributed by atoms with E-state index in [0.717, 1.165) is 38.5 Å². The first-order chi connectivity index (χ1) is 9.13. The molecule has 1 aliphatic heterocycles. The van der Waals surface area contributed by atoms with E-state index in [4.69, 9.17) is 5.73 Å². The zero-order valence-electron chi connectivity index (χ0n) is 11.8. The molecule has 5 nitrogen and oxygen atoms in total. The summed E-state index contributed by atoms with van der Waals surface area (Å²) in [5.74, 6) is 0.385. The third-order valence-electron chi connectivity index (χ3n) is 4.80. The molecular formula is C14H25N3O2. The maximum absolute atomic E-state index is 12.6. The molecule has 0 atom stereocenters. The molecule has 108 valence electrons. The average molecular weight is 267 g/mol. The van der Waals surface area contributed by atoms with Crippen LogP contribution in [0.5, 0.6) is 0 Å². The largest absolute Gasteiger partial charge is 0.359 e. The van der Waals surface area contributed by atoms with Gasteiger partial charge in [0.1, 0.15) is 0 Å². The minimum atomic E-state index is -0.306. The first kappa shape index (κ1) is 14.3. The van der Waals surface area contributed by atoms with Gasteiger partial charge in [-0.2, -0.15) is 0 Å². The van der Waals surface area contributed by atoms with E-state index in [1.807, 2.05) is 4.90 Å². The van der Waals surface area contributed by atoms with Crippen LogP contribution in [0, 0.1) is 11.3 Å². The number of likely N-dealkylation sites (tertiary alicyclic amines) is 1. The molecule has 0 aromatic rings. The number of piperidine rings is 1. The third kappa shape index (κ3) is 2.76. The highest BCUT2D eigenvalue weighted by molar-refractivity contribution is 5.84. The number of carbonyl (C=O) groups excluding carboxylic acids is 2. The molecule has 1 saturated carbocycles. The minimum absolute atomic E-state index is 0.0615. The van der Waals surface area contributed by atoms with E-state index in [0.29, 0.717) is 19.6 Å². The van der Waals surface area contributed by atoms with Gasteiger partial charge in [0.25, 0.3) is 0 Å². The molecule has 5 heteroatoms. The van der Waals surface area contributed by atoms with E-state index in [1.165, 1.54) is 0 Å². The van der Waals surface area contributed by atoms with Crippen LogP contribution >= 0.6 is 0 Å². The van der Waals surface area contributed by atoms with Crippen molar-refractivity contribution in [1.82, 2.24) is 10.2 Å². The fourth-order valence-electron chi connectivity index (χ4n) is 3.44. The Labute approximate surface area is 114 Å². The van der Waals surface area contributed by atoms with E-state index < -0.39 is 0 Å². The molecule has 2 aliphatic rings. The van der Waals surface area contributed by atoms with E-state index in [-0.39, 0.29) is 23.1 Å². The van der Waals surface area contributed by atoms with Crippen LogP contribution in [0.1, 0.15) is 38.5 Å². The standard InChI is InChI=1S/C14H25N3O2/c1-16-12(18)11-4-8-17(9-5-11)13(19)14(10-15)6-2-3-7-14/h11H,2-10,15H2,1H3,(H,16,18). The van der Waals surface area contributed by atoms with Crippen molar-refractivity contribution in [2.75, 3.05) is 26.7 Å². The lowest BCUT2D eigenvalue weighted by molar-refractivity contribution is -0.144. The lowest BCUT2D eigenvalue weighted by Crippen LogP contribution is -2.50. The van der Waals surface area contributed by atoms with Crippen LogP contribution in [0.15, 0.2) is 0 Å². The molecule has 19 heavy (non-hydrogen) atoms. The Morgan fingerprint density at radius 2 is 1.84 bits per heavy atom. The number of nitrogens with two attached hydrogens (primary N) is 1. The Morgan fingerprint density at radius 3 is 2.32 bits per heavy atom. The SMILES string of the molecule is CNC(=O)C1CCN(C(=O)C2(CN)CCCC2)CC1. The quantitative estimate of drug-likeness (QED) is 0.781. The van der Waals surface area contributed by atoms with Gasteiger partial charge in [-0.3, -0.25) is 9.59 Å². The van der Waals surface area contributed by atoms with Gasteiger partial charge in [0.2, 0.25) is 11.8 Å². The molecule has 1 aliphatic carbocycles. The second-order valence-electron chi connectivity index (χ2n) is 5.87. The number of hydrogen-bond acceptors (Lipinski definition) is 3. The molecule has 0 radical (unpaired) electrons. The van der Waals surface area contributed by atoms with Gasteiger partial charge in [-0.25, -0.2) is 0 Å². The van der Waals surface area contributed by atoms with Crippen molar-refractivity contribution in [3.05, 3.63) is 0 Å². The van der Waals surface area contributed by atoms with Gasteiger partial charge >= 0.3 is 0 Å². The summed E-state index contributed by atoms with van der Waals surface area (Å²) < 4.78 is 0. The normalized spacial score (nSPS) is 23.4. The fourth-order valence-corrected chi connectivity index (χ4v) is 3.44. The van der Waals surface area contributed by atoms with Crippen molar-refractivity contribution in [1.29, 1.82) is 0 Å². The van der Waals surface area contributed by atoms with Gasteiger partial charge in [-0.1, -0.05) is 12.8 Å². The molecule has 0 spiro atoms. The van der Waals surface area contributed by atoms with Crippen LogP contribution in [0.2, 0.25) is 0 Å². The number of amides is 2. The van der Waals surface area contributed by atoms with Crippen molar-refractivity contribution in [3.8, 4) is 0 Å². The van der Waals surface area contributed by atoms with Gasteiger partial charge in [0, 0.05) is 32.6 Å². The van der Waals surface area contributed by atoms with Crippen molar-refractivity contribution < 1.29 is 9.59 Å². The van der Waals surface area contributed by atoms with Crippen LogP contribution in [-0.4, -0.2) is 43.4 Å². The first-order valence-corrected chi connectivity index (χ1v) is 7.34. The molecule has 0 bridgehead atoms. The Kier molecular flexibility index (Phi) is 4.45. The van der Waals surface area contributed by atoms with Gasteiger partial charge in [0.05, 0.1) is 5.41 Å². The van der Waals surface area contributed by atoms with Crippen LogP contribution in [-0.2, 0) is 9.59 Å². The van der Waals surface area contributed by atoms with E-state index in [9.17, 15) is 9.59 Å². The highest BCUT2D eigenvalue weighted by Crippen LogP contribution is 2.39. The summed E-state index contributed by atoms with van der Waals surface area (Å²) >= 11 is 0. The lowest BCUT2D eigenvalue weighted by Gasteiger charge is -2.37. The second-order valence-corrected chi connectivity index (χ2v) is 5.87. The zero-order valence-corrected chi connectivity index (χ0v) is 11.8. The molecule has 0 aromatic carbocycles. The summed E-state index contributed by atoms with van der Waals surface area (Å²) in [6, 6.07) is 0. The summed E-state index contributed by atoms with van der Waals surface area (Å²) in [5, 5.41) is 2.69. The predicted octanol–water partition coefficient (Wildman–Crippen LogP) is 0.490. The maximum atomic E-state index is 12.6. The lowest BCUT2D eigenvalue weighted by atomic mass is 9.83. The van der Waals surface area contributed by atoms with Crippen molar-refractivity contribution in [2.45, 2.75) is 38.5 Å². The third-order valence-corrected chi connectivity index (χ3v) is 4.80. The van der Waals surface area contributed by atoms with E-state index in [1.54, 1.807) is 7.05 Å². The van der Waals surface area contributed by atoms with Crippen LogP contribution < -0.4 is 11.1 Å². The molecule has 3 N–H and O–H groups in total. The van der Waals surface area contributed by atoms with Crippen LogP contribution in [0.25, 0.3) is 0 Å². The summed E-state index contributed by atoms with van der Waals surface area (Å²) in [7, 11) is 1.67. The molecule has 0 aromatic heterocycles. The molecule has 0 unspecified atom stereocenters. The Bertz CT molecular complexity index is 343. The van der Waals surface area contributed by atoms with Gasteiger partial charge < -0.3 is 16.0 Å². The topological polar surface area (TPSA) is 75.4 Å². The Morgan fingerprint density at radius 1 is 1.26 bits per heavy atom. The molecular weight excluding hydrogens is 242 g/mol. The monoisotopic (exact) mass is 267 g/mol. The average Bonchev–Trinajstić information content (AvgIpc) is 2.96. The van der Waals surface area contributed by atoms with Gasteiger partial charge in [-0.15, -0.1) is 0 Å². The molecule has 2 amide bonds. The number of carbonyl (C=O) groups is 2. The summed E-state index contributed by atoms with van der Waals surface area (Å²) in [6.45, 7) is 1.85. The zero-order chi connectivity index (χ0) is 13.9. The van der Waals surface area contributed by atoms with E-state index >= 15 is 0 Å². The van der Waals surface area contributed by atoms with Gasteiger partial charge in [-0.05, 0) is 25.7 Å². The van der Waals surface area contributed by atoms with Crippen molar-refractivity contribution in [3.63, 3.8) is 0 Å². The smallest absolute Gasteiger partial charge is 0.230 e. The van der Waals surface area contributed by atoms with Crippen molar-refractivity contribution >= 4 is 11.8 Å². The summed E-state index contributed by atoms with van der Waals surface area (Å²) in [6.07, 6.45) is 5.61. The number of rotatable bonds is 3. The fraction of sp³-hybridized carbons (Fsp3) is 0.857. The molecule has 1 saturated heterocycles. The van der Waals surface area contributed by atoms with Gasteiger partial charge in [0.15, 0.2) is 0 Å². The predicted molar refractivity (Wildman–Crippen MR) is 73.3 cm³/mol. The molecule has 1 heterocycles. The van der Waals surface area contributed by atoms with Crippen molar-refractivity contribution in [2.24, 2.45) is 17.1 Å². The number of nitrogens with one attached hydrogen (secondary N) is 1. The molecule has 2 fully saturated rings. The Balaban J connectivity index is 1.94. The summed E-state index contributed by atoms with van der Waals surface area (Å²) in [5.41, 5.74) is 5.56. The number of nitrogens with zero attached hydrogens (tertiary/aromatic N) is 1. The van der Waals surface area contributed by atoms with E-state index in [2.05, 4.69) is 5.32 Å². The van der Waals surface area contributed by atoms with Crippen LogP contribution in [0.4, 0.5) is 0 Å². The summed E-state index contributed by atoms with van der Waals surface area (Å²) in [4.78, 5) is 26.2. The first-order valence-electron chi connectivity index (χ1n) is 7.34.